The molecule has 0 unspecified atom stereocenters. The van der Waals surface area contributed by atoms with Gasteiger partial charge in [0.05, 0.1) is 0 Å². The number of nitrogens with zero attached hydrogens (tertiary/aromatic N) is 2. The Labute approximate surface area is 693 Å². The van der Waals surface area contributed by atoms with E-state index in [9.17, 15) is 0 Å². The van der Waals surface area contributed by atoms with Crippen molar-refractivity contribution in [3.8, 4) is 33.4 Å². The first kappa shape index (κ1) is 74.2. The van der Waals surface area contributed by atoms with Gasteiger partial charge in [0.15, 0.2) is 16.1 Å². The van der Waals surface area contributed by atoms with Gasteiger partial charge in [-0.1, -0.05) is 369 Å². The fourth-order valence-electron chi connectivity index (χ4n) is 20.2. The lowest BCUT2D eigenvalue weighted by atomic mass is 9.81. The highest BCUT2D eigenvalue weighted by molar-refractivity contribution is 7.20. The molecule has 0 bridgehead atoms. The van der Waals surface area contributed by atoms with Crippen LogP contribution in [0.3, 0.4) is 0 Å². The topological polar surface area (TPSA) is 6.48 Å². The summed E-state index contributed by atoms with van der Waals surface area (Å²) in [5.74, 6) is 0. The van der Waals surface area contributed by atoms with E-state index in [-0.39, 0.29) is 16.2 Å². The number of hydrogen-bond acceptors (Lipinski definition) is 2. The molecule has 0 heterocycles. The summed E-state index contributed by atoms with van der Waals surface area (Å²) in [6, 6.07) is 143. The molecule has 3 aliphatic rings. The molecule has 0 saturated heterocycles. The van der Waals surface area contributed by atoms with Crippen LogP contribution in [0.25, 0.3) is 57.7 Å². The molecule has 0 spiro atoms. The van der Waals surface area contributed by atoms with Crippen molar-refractivity contribution in [2.45, 2.75) is 85.5 Å². The van der Waals surface area contributed by atoms with E-state index in [1.165, 1.54) is 153 Å². The van der Waals surface area contributed by atoms with Crippen LogP contribution in [0.4, 0.5) is 34.1 Å². The first-order valence-corrected chi connectivity index (χ1v) is 45.4. The van der Waals surface area contributed by atoms with Crippen LogP contribution in [0.15, 0.2) is 376 Å². The Hall–Kier alpha value is -13.0. The van der Waals surface area contributed by atoms with Gasteiger partial charge in [-0.25, -0.2) is 0 Å². The first-order chi connectivity index (χ1) is 56.8. The number of fused-ring (bicyclic) bond motifs is 9. The van der Waals surface area contributed by atoms with Gasteiger partial charge in [0.2, 0.25) is 0 Å². The molecule has 0 aromatic heterocycles. The normalized spacial score (nSPS) is 13.9. The minimum absolute atomic E-state index is 0.196. The second-order valence-electron chi connectivity index (χ2n) is 34.4. The number of aryl methyl sites for hydroxylation is 4. The van der Waals surface area contributed by atoms with Crippen LogP contribution >= 0.6 is 0 Å². The second kappa shape index (κ2) is 29.4. The third-order valence-electron chi connectivity index (χ3n) is 25.8. The van der Waals surface area contributed by atoms with Gasteiger partial charge in [-0.15, -0.1) is 0 Å². The van der Waals surface area contributed by atoms with Crippen molar-refractivity contribution < 1.29 is 0 Å². The zero-order valence-electron chi connectivity index (χ0n) is 68.5. The van der Waals surface area contributed by atoms with Crippen molar-refractivity contribution in [2.75, 3.05) is 9.80 Å². The summed E-state index contributed by atoms with van der Waals surface area (Å²) >= 11 is 0. The highest BCUT2D eigenvalue weighted by atomic mass is 28.3. The summed E-state index contributed by atoms with van der Waals surface area (Å²) in [4.78, 5) is 4.95. The Morgan fingerprint density at radius 2 is 0.385 bits per heavy atom. The molecule has 19 rings (SSSR count). The molecule has 0 radical (unpaired) electrons. The molecule has 0 atom stereocenters. The zero-order chi connectivity index (χ0) is 80.0. The molecule has 0 fully saturated rings. The summed E-state index contributed by atoms with van der Waals surface area (Å²) in [6.45, 7) is 23.3. The van der Waals surface area contributed by atoms with Crippen LogP contribution < -0.4 is 51.3 Å². The van der Waals surface area contributed by atoms with Crippen LogP contribution in [-0.2, 0) is 16.2 Å². The van der Waals surface area contributed by atoms with Gasteiger partial charge in [0, 0.05) is 50.4 Å². The van der Waals surface area contributed by atoms with Crippen LogP contribution in [-0.4, -0.2) is 16.1 Å². The van der Waals surface area contributed by atoms with E-state index in [2.05, 4.69) is 479 Å². The molecule has 566 valence electrons. The Morgan fingerprint density at radius 1 is 0.188 bits per heavy atom. The smallest absolute Gasteiger partial charge is 0.179 e. The predicted octanol–water partition coefficient (Wildman–Crippen LogP) is 23.9. The highest BCUT2D eigenvalue weighted by Crippen LogP contribution is 2.54. The summed E-state index contributed by atoms with van der Waals surface area (Å²) in [5.41, 5.74) is 31.9. The van der Waals surface area contributed by atoms with Crippen molar-refractivity contribution in [3.63, 3.8) is 0 Å². The zero-order valence-corrected chi connectivity index (χ0v) is 70.5. The lowest BCUT2D eigenvalue weighted by molar-refractivity contribution is 0.660. The third kappa shape index (κ3) is 12.8. The molecular weight excluding hydrogens is 1440 g/mol. The van der Waals surface area contributed by atoms with Gasteiger partial charge in [0.1, 0.15) is 0 Å². The van der Waals surface area contributed by atoms with Crippen LogP contribution in [0.1, 0.15) is 119 Å². The maximum absolute atomic E-state index is 2.73. The monoisotopic (exact) mass is 1540 g/mol. The summed E-state index contributed by atoms with van der Waals surface area (Å²) in [6.07, 6.45) is 9.25. The molecule has 16 aromatic carbocycles. The largest absolute Gasteiger partial charge is 0.310 e. The number of rotatable bonds is 18. The number of anilines is 6. The Kier molecular flexibility index (Phi) is 18.6. The molecule has 2 nitrogen and oxygen atoms in total. The molecule has 0 saturated carbocycles. The maximum atomic E-state index is 2.47. The van der Waals surface area contributed by atoms with E-state index < -0.39 is 16.1 Å². The van der Waals surface area contributed by atoms with E-state index in [4.69, 9.17) is 0 Å². The summed E-state index contributed by atoms with van der Waals surface area (Å²) in [7, 11) is -5.47. The van der Waals surface area contributed by atoms with Crippen LogP contribution in [0, 0.1) is 27.7 Å². The molecular formula is C113H96N2Si2. The Balaban J connectivity index is 0.571. The standard InChI is InChI=1S/C113H96N2Si2/c1-77-65-78(2)68-89(67-77)114(85-49-55-97(56-50-85)116(91-29-17-11-18-30-91,92-31-19-12-20-32-92)93-33-21-13-22-34-93)87-53-63-103-101-61-47-83(73-107(101)112(7,8)109(103)75-87)43-41-81-45-59-99-100-60-46-82(72-106(100)111(5,6)105(99)71-81)42-44-84-48-62-102-104-64-54-88(76-110(104)113(9,10)108(102)74-84)115(90-69-79(3)66-80(4)70-90)86-51-57-98(58-52-86)117(94-35-23-14-24-36-94,95-37-25-15-26-38-95)96-39-27-16-28-40-96/h11-76H,1-10H3. The van der Waals surface area contributed by atoms with Crippen molar-refractivity contribution in [2.24, 2.45) is 0 Å². The van der Waals surface area contributed by atoms with E-state index in [0.29, 0.717) is 0 Å². The minimum atomic E-state index is -2.73. The van der Waals surface area contributed by atoms with Crippen LogP contribution in [0.2, 0.25) is 0 Å². The van der Waals surface area contributed by atoms with Crippen LogP contribution in [0.5, 0.6) is 0 Å². The second-order valence-corrected chi connectivity index (χ2v) is 42.0. The molecule has 16 aromatic rings. The van der Waals surface area contributed by atoms with Crippen molar-refractivity contribution >= 4 is 116 Å². The quantitative estimate of drug-likeness (QED) is 0.0480. The van der Waals surface area contributed by atoms with Crippen molar-refractivity contribution in [3.05, 3.63) is 454 Å². The van der Waals surface area contributed by atoms with E-state index in [1.54, 1.807) is 0 Å². The van der Waals surface area contributed by atoms with Gasteiger partial charge in [-0.05, 0) is 253 Å². The summed E-state index contributed by atoms with van der Waals surface area (Å²) in [5, 5.41) is 10.9. The molecule has 3 aliphatic carbocycles. The predicted molar refractivity (Wildman–Crippen MR) is 505 cm³/mol. The van der Waals surface area contributed by atoms with Gasteiger partial charge >= 0.3 is 0 Å². The minimum Gasteiger partial charge on any atom is -0.310 e. The fourth-order valence-corrected chi connectivity index (χ4v) is 29.7. The van der Waals surface area contributed by atoms with Gasteiger partial charge < -0.3 is 9.80 Å². The number of benzene rings is 16. The maximum Gasteiger partial charge on any atom is 0.179 e. The van der Waals surface area contributed by atoms with Crippen molar-refractivity contribution in [1.82, 2.24) is 0 Å². The lowest BCUT2D eigenvalue weighted by Crippen LogP contribution is -2.74. The van der Waals surface area contributed by atoms with E-state index >= 15 is 0 Å². The van der Waals surface area contributed by atoms with Gasteiger partial charge in [0.25, 0.3) is 0 Å². The SMILES string of the molecule is Cc1cc(C)cc(N(c2ccc([Si](c3ccccc3)(c3ccccc3)c3ccccc3)cc2)c2ccc3c(c2)C(C)(C)c2cc(C=Cc4ccc5c(c4)C(C)(C)c4cc(C=Cc6ccc7c(c6)C(C)(C)c6cc(N(c8ccc([Si](c9ccccc9)(c9ccccc9)c9ccccc9)cc8)c8cc(C)cc(C)c8)ccc6-7)ccc4-5)ccc2-3)c1. The van der Waals surface area contributed by atoms with Gasteiger partial charge in [-0.3, -0.25) is 0 Å². The molecule has 0 aliphatic heterocycles. The third-order valence-corrected chi connectivity index (χ3v) is 35.4. The average Bonchev–Trinajstić information content (AvgIpc) is 1.61. The van der Waals surface area contributed by atoms with Gasteiger partial charge in [-0.2, -0.15) is 0 Å². The highest BCUT2D eigenvalue weighted by Gasteiger charge is 2.45. The Bertz CT molecular complexity index is 5910. The van der Waals surface area contributed by atoms with E-state index in [1.807, 2.05) is 0 Å². The lowest BCUT2D eigenvalue weighted by Gasteiger charge is -2.35. The first-order valence-electron chi connectivity index (χ1n) is 41.4. The molecule has 0 N–H and O–H groups in total. The van der Waals surface area contributed by atoms with E-state index in [0.717, 1.165) is 34.1 Å². The number of hydrogen-bond donors (Lipinski definition) is 0. The fraction of sp³-hybridized carbons (Fsp3) is 0.115. The summed E-state index contributed by atoms with van der Waals surface area (Å²) < 4.78 is 0. The molecule has 0 amide bonds. The van der Waals surface area contributed by atoms with Crippen molar-refractivity contribution in [1.29, 1.82) is 0 Å². The molecule has 117 heavy (non-hydrogen) atoms. The average molecular weight is 1540 g/mol. The molecule has 4 heteroatoms. The Morgan fingerprint density at radius 3 is 0.615 bits per heavy atom.